The van der Waals surface area contributed by atoms with Gasteiger partial charge in [-0.1, -0.05) is 89.1 Å². The van der Waals surface area contributed by atoms with E-state index in [1.54, 1.807) is 0 Å². The Morgan fingerprint density at radius 1 is 0.209 bits per heavy atom. The fourth-order valence-electron chi connectivity index (χ4n) is 4.70. The number of ether oxygens (including phenoxy) is 14. The van der Waals surface area contributed by atoms with Crippen LogP contribution in [0, 0.1) is 5.41 Å². The van der Waals surface area contributed by atoms with Crippen LogP contribution in [0.2, 0.25) is 0 Å². The van der Waals surface area contributed by atoms with Crippen LogP contribution in [0.4, 0.5) is 0 Å². The van der Waals surface area contributed by atoms with Crippen LogP contribution in [0.15, 0.2) is 0 Å². The Kier molecular flexibility index (Phi) is 142. The summed E-state index contributed by atoms with van der Waals surface area (Å²) >= 11 is 0. The third-order valence-corrected chi connectivity index (χ3v) is 7.31. The van der Waals surface area contributed by atoms with E-state index in [4.69, 9.17) is 66.3 Å². The summed E-state index contributed by atoms with van der Waals surface area (Å²) in [6.45, 7) is 38.6. The van der Waals surface area contributed by atoms with Crippen molar-refractivity contribution in [3.63, 3.8) is 0 Å². The molecule has 14 nitrogen and oxygen atoms in total. The lowest BCUT2D eigenvalue weighted by Crippen LogP contribution is -2.41. The molecule has 0 amide bonds. The van der Waals surface area contributed by atoms with Crippen molar-refractivity contribution in [2.45, 2.75) is 197 Å². The Morgan fingerprint density at radius 3 is 0.493 bits per heavy atom. The maximum Gasteiger partial charge on any atom is 0.104 e. The van der Waals surface area contributed by atoms with Gasteiger partial charge >= 0.3 is 0 Å². The van der Waals surface area contributed by atoms with Crippen molar-refractivity contribution in [1.82, 2.24) is 0 Å². The van der Waals surface area contributed by atoms with Gasteiger partial charge in [-0.15, -0.1) is 0 Å². The molecule has 0 heterocycles. The van der Waals surface area contributed by atoms with E-state index in [0.29, 0.717) is 145 Å². The summed E-state index contributed by atoms with van der Waals surface area (Å²) in [6, 6.07) is 0. The van der Waals surface area contributed by atoms with Gasteiger partial charge in [0, 0.05) is 79.3 Å². The van der Waals surface area contributed by atoms with Crippen LogP contribution >= 0.6 is 0 Å². The second-order valence-electron chi connectivity index (χ2n) is 12.1. The lowest BCUT2D eigenvalue weighted by Gasteiger charge is -2.32. The minimum atomic E-state index is -0.183. The summed E-state index contributed by atoms with van der Waals surface area (Å²) in [7, 11) is 0. The molecule has 0 spiro atoms. The monoisotopic (exact) mass is 997 g/mol. The van der Waals surface area contributed by atoms with Gasteiger partial charge in [-0.05, 0) is 83.1 Å². The number of hydrogen-bond acceptors (Lipinski definition) is 14. The zero-order valence-electron chi connectivity index (χ0n) is 37.5. The lowest BCUT2D eigenvalue weighted by atomic mass is 9.92. The molecule has 0 saturated heterocycles. The Morgan fingerprint density at radius 2 is 0.358 bits per heavy atom. The van der Waals surface area contributed by atoms with Crippen molar-refractivity contribution >= 4 is 0 Å². The highest BCUT2D eigenvalue weighted by atomic mass is 16.6. The van der Waals surface area contributed by atoms with E-state index in [1.807, 2.05) is 83.1 Å². The molecule has 0 fully saturated rings. The largest absolute Gasteiger partial charge is 0.381 e. The maximum absolute atomic E-state index is 5.76. The van der Waals surface area contributed by atoms with Crippen LogP contribution in [0.25, 0.3) is 0 Å². The molecule has 0 rings (SSSR count). The molecule has 0 bridgehead atoms. The highest BCUT2D eigenvalue weighted by molar-refractivity contribution is 4.79. The third-order valence-electron chi connectivity index (χ3n) is 7.31. The molecular formula is C53H136O14. The van der Waals surface area contributed by atoms with E-state index in [1.165, 1.54) is 0 Å². The average molecular weight is 998 g/mol. The second-order valence-corrected chi connectivity index (χ2v) is 12.1. The first-order valence-corrected chi connectivity index (χ1v) is 21.0. The molecule has 0 N–H and O–H groups in total. The van der Waals surface area contributed by atoms with Crippen molar-refractivity contribution in [1.29, 1.82) is 0 Å². The molecule has 0 aliphatic heterocycles. The molecule has 2 atom stereocenters. The molecule has 0 aromatic heterocycles. The van der Waals surface area contributed by atoms with Crippen molar-refractivity contribution in [3.05, 3.63) is 0 Å². The van der Waals surface area contributed by atoms with E-state index in [0.717, 1.165) is 13.2 Å². The molecule has 0 aliphatic carbocycles. The first-order chi connectivity index (χ1) is 26.8. The zero-order valence-corrected chi connectivity index (χ0v) is 37.5. The molecule has 2 unspecified atom stereocenters. The van der Waals surface area contributed by atoms with Gasteiger partial charge in [-0.2, -0.15) is 0 Å². The van der Waals surface area contributed by atoms with Crippen molar-refractivity contribution < 1.29 is 66.3 Å². The van der Waals surface area contributed by atoms with Gasteiger partial charge in [-0.3, -0.25) is 0 Å². The summed E-state index contributed by atoms with van der Waals surface area (Å²) in [5, 5.41) is 0. The predicted molar refractivity (Wildman–Crippen MR) is 298 cm³/mol. The summed E-state index contributed by atoms with van der Waals surface area (Å²) in [6.07, 6.45) is -0.146. The van der Waals surface area contributed by atoms with E-state index in [2.05, 4.69) is 0 Å². The fourth-order valence-corrected chi connectivity index (χ4v) is 4.70. The maximum atomic E-state index is 5.76. The van der Waals surface area contributed by atoms with Crippen molar-refractivity contribution in [3.8, 4) is 0 Å². The Balaban J connectivity index is -0.0000000452. The molecule has 67 heavy (non-hydrogen) atoms. The van der Waals surface area contributed by atoms with Gasteiger partial charge in [0.25, 0.3) is 0 Å². The third kappa shape index (κ3) is 74.5. The first-order valence-electron chi connectivity index (χ1n) is 21.0. The summed E-state index contributed by atoms with van der Waals surface area (Å²) in [5.41, 5.74) is -0.183. The van der Waals surface area contributed by atoms with Crippen LogP contribution in [0.3, 0.4) is 0 Å². The molecule has 0 aliphatic rings. The smallest absolute Gasteiger partial charge is 0.104 e. The van der Waals surface area contributed by atoms with E-state index in [-0.39, 0.29) is 119 Å². The molecule has 0 aromatic rings. The lowest BCUT2D eigenvalue weighted by molar-refractivity contribution is -0.105. The summed E-state index contributed by atoms with van der Waals surface area (Å²) in [5.74, 6) is 0. The SMILES string of the molecule is C.C.C.C.C.C.C.C.C.C.C.C.CCOCC(COCC(COCC(COCC)OCC)OCC)OCC.CCOCC(COCC)(COCC)COCC.CCOCC(COCC)OCC. The van der Waals surface area contributed by atoms with Gasteiger partial charge in [0.15, 0.2) is 0 Å². The minimum Gasteiger partial charge on any atom is -0.381 e. The molecule has 0 radical (unpaired) electrons. The molecule has 0 aromatic carbocycles. The molecule has 432 valence electrons. The van der Waals surface area contributed by atoms with Crippen LogP contribution in [0.1, 0.15) is 172 Å². The standard InChI is InChI=1S/C19H40O7.C13H28O4.C9H20O3.12CH4/c1-6-20-11-17(24-8-3)13-22-15-19(26-10-5)16-23-14-18(25-9-4)12-21-7-2;1-5-14-9-13(10-15-6-2,11-16-7-3)12-17-8-4;1-4-10-7-9(12-6-3)8-11-5-2;;;;;;;;;;;;/h17-19H,6-16H2,1-5H3;5-12H2,1-4H3;9H,4-8H2,1-3H3;12*1H4. The van der Waals surface area contributed by atoms with E-state index < -0.39 is 0 Å². The minimum absolute atomic E-state index is 0. The highest BCUT2D eigenvalue weighted by Gasteiger charge is 2.32. The van der Waals surface area contributed by atoms with Crippen LogP contribution < -0.4 is 0 Å². The first kappa shape index (κ1) is 108. The van der Waals surface area contributed by atoms with Crippen LogP contribution in [-0.2, 0) is 66.3 Å². The Bertz CT molecular complexity index is 628. The topological polar surface area (TPSA) is 129 Å². The summed E-state index contributed by atoms with van der Waals surface area (Å²) in [4.78, 5) is 0. The number of rotatable bonds is 40. The highest BCUT2D eigenvalue weighted by Crippen LogP contribution is 2.20. The van der Waals surface area contributed by atoms with Gasteiger partial charge in [0.05, 0.1) is 84.7 Å². The number of hydrogen-bond donors (Lipinski definition) is 0. The Labute approximate surface area is 425 Å². The normalized spacial score (nSPS) is 10.9. The molecule has 0 saturated carbocycles. The zero-order chi connectivity index (χ0) is 41.7. The van der Waals surface area contributed by atoms with Crippen LogP contribution in [0.5, 0.6) is 0 Å². The fraction of sp³-hybridized carbons (Fsp3) is 1.00. The van der Waals surface area contributed by atoms with Gasteiger partial charge in [0.1, 0.15) is 24.4 Å². The Hall–Kier alpha value is -0.560. The molecular weight excluding hydrogens is 861 g/mol. The predicted octanol–water partition coefficient (Wildman–Crippen LogP) is 13.5. The van der Waals surface area contributed by atoms with Crippen LogP contribution in [-0.4, -0.2) is 183 Å². The second kappa shape index (κ2) is 88.4. The van der Waals surface area contributed by atoms with Gasteiger partial charge < -0.3 is 66.3 Å². The summed E-state index contributed by atoms with van der Waals surface area (Å²) < 4.78 is 77.3. The van der Waals surface area contributed by atoms with Crippen molar-refractivity contribution in [2.24, 2.45) is 5.41 Å². The van der Waals surface area contributed by atoms with E-state index >= 15 is 0 Å². The average Bonchev–Trinajstić information content (AvgIpc) is 3.20. The van der Waals surface area contributed by atoms with E-state index in [9.17, 15) is 0 Å². The van der Waals surface area contributed by atoms with Gasteiger partial charge in [-0.25, -0.2) is 0 Å². The van der Waals surface area contributed by atoms with Gasteiger partial charge in [0.2, 0.25) is 0 Å². The van der Waals surface area contributed by atoms with Crippen molar-refractivity contribution in [2.75, 3.05) is 159 Å². The quantitative estimate of drug-likeness (QED) is 0.0577. The molecule has 14 heteroatoms.